The van der Waals surface area contributed by atoms with Crippen LogP contribution in [0.2, 0.25) is 0 Å². The van der Waals surface area contributed by atoms with Gasteiger partial charge in [-0.25, -0.2) is 4.98 Å². The Morgan fingerprint density at radius 3 is 1.86 bits per heavy atom. The number of nitrogens with zero attached hydrogens (tertiary/aromatic N) is 1. The molecule has 28 heavy (non-hydrogen) atoms. The number of pyridine rings is 1. The average molecular weight is 366 g/mol. The second kappa shape index (κ2) is 7.59. The third-order valence-electron chi connectivity index (χ3n) is 5.25. The summed E-state index contributed by atoms with van der Waals surface area (Å²) in [6, 6.07) is 26.4. The lowest BCUT2D eigenvalue weighted by molar-refractivity contribution is 0.650. The first-order valence-corrected chi connectivity index (χ1v) is 10.1. The van der Waals surface area contributed by atoms with Gasteiger partial charge in [0.1, 0.15) is 0 Å². The number of fused-ring (bicyclic) bond motifs is 1. The summed E-state index contributed by atoms with van der Waals surface area (Å²) in [5.41, 5.74) is 9.76. The summed E-state index contributed by atoms with van der Waals surface area (Å²) in [6.45, 7) is 8.80. The van der Waals surface area contributed by atoms with Gasteiger partial charge in [0.05, 0.1) is 11.2 Å². The van der Waals surface area contributed by atoms with Crippen molar-refractivity contribution in [3.8, 4) is 22.4 Å². The summed E-state index contributed by atoms with van der Waals surface area (Å²) in [7, 11) is 0. The molecule has 1 aromatic heterocycles. The van der Waals surface area contributed by atoms with Crippen molar-refractivity contribution in [1.82, 2.24) is 4.98 Å². The van der Waals surface area contributed by atoms with E-state index >= 15 is 0 Å². The molecule has 1 heterocycles. The van der Waals surface area contributed by atoms with Crippen LogP contribution >= 0.6 is 0 Å². The van der Waals surface area contributed by atoms with Crippen molar-refractivity contribution >= 4 is 10.9 Å². The second-order valence-electron chi connectivity index (χ2n) is 8.23. The third-order valence-corrected chi connectivity index (χ3v) is 5.25. The highest BCUT2D eigenvalue weighted by Gasteiger charge is 2.11. The highest BCUT2D eigenvalue weighted by molar-refractivity contribution is 5.89. The van der Waals surface area contributed by atoms with E-state index in [0.29, 0.717) is 5.92 Å². The maximum atomic E-state index is 4.99. The van der Waals surface area contributed by atoms with Crippen LogP contribution in [0.15, 0.2) is 72.8 Å². The standard InChI is InChI=1S/C27H27N/c1-18(2)15-24-17-27(22-11-7-20(4)8-12-22)28-26-14-13-23(16-25(24)26)21-9-5-19(3)6-10-21/h5-14,16-18H,15H2,1-4H3. The zero-order chi connectivity index (χ0) is 19.7. The Morgan fingerprint density at radius 2 is 1.25 bits per heavy atom. The summed E-state index contributed by atoms with van der Waals surface area (Å²) in [5, 5.41) is 1.27. The molecule has 1 nitrogen and oxygen atoms in total. The van der Waals surface area contributed by atoms with Gasteiger partial charge in [-0.05, 0) is 61.1 Å². The van der Waals surface area contributed by atoms with Crippen molar-refractivity contribution in [2.75, 3.05) is 0 Å². The van der Waals surface area contributed by atoms with Gasteiger partial charge in [-0.3, -0.25) is 0 Å². The molecular weight excluding hydrogens is 338 g/mol. The Balaban J connectivity index is 1.86. The molecule has 1 heteroatoms. The van der Waals surface area contributed by atoms with Gasteiger partial charge in [-0.2, -0.15) is 0 Å². The van der Waals surface area contributed by atoms with Crippen molar-refractivity contribution in [3.05, 3.63) is 89.5 Å². The number of rotatable bonds is 4. The normalized spacial score (nSPS) is 11.3. The maximum absolute atomic E-state index is 4.99. The monoisotopic (exact) mass is 365 g/mol. The Labute approximate surface area is 168 Å². The zero-order valence-electron chi connectivity index (χ0n) is 17.2. The first kappa shape index (κ1) is 18.4. The molecule has 0 N–H and O–H groups in total. The molecule has 0 aliphatic heterocycles. The minimum absolute atomic E-state index is 0.597. The van der Waals surface area contributed by atoms with E-state index in [1.165, 1.54) is 38.8 Å². The molecule has 0 atom stereocenters. The van der Waals surface area contributed by atoms with Crippen LogP contribution in [-0.4, -0.2) is 4.98 Å². The van der Waals surface area contributed by atoms with E-state index in [1.54, 1.807) is 0 Å². The molecular formula is C27H27N. The van der Waals surface area contributed by atoms with E-state index < -0.39 is 0 Å². The smallest absolute Gasteiger partial charge is 0.0712 e. The fourth-order valence-corrected chi connectivity index (χ4v) is 3.70. The van der Waals surface area contributed by atoms with Gasteiger partial charge in [0.25, 0.3) is 0 Å². The summed E-state index contributed by atoms with van der Waals surface area (Å²) in [4.78, 5) is 4.99. The van der Waals surface area contributed by atoms with E-state index in [9.17, 15) is 0 Å². The van der Waals surface area contributed by atoms with E-state index in [2.05, 4.69) is 100 Å². The molecule has 0 amide bonds. The Bertz CT molecular complexity index is 1100. The average Bonchev–Trinajstić information content (AvgIpc) is 2.68. The molecule has 0 fully saturated rings. The molecule has 0 saturated heterocycles. The molecule has 0 saturated carbocycles. The molecule has 0 spiro atoms. The van der Waals surface area contributed by atoms with Crippen LogP contribution in [0.1, 0.15) is 30.5 Å². The van der Waals surface area contributed by atoms with E-state index in [0.717, 1.165) is 17.6 Å². The lowest BCUT2D eigenvalue weighted by atomic mass is 9.94. The lowest BCUT2D eigenvalue weighted by Gasteiger charge is -2.13. The van der Waals surface area contributed by atoms with Gasteiger partial charge in [-0.1, -0.05) is 79.6 Å². The van der Waals surface area contributed by atoms with Gasteiger partial charge in [0, 0.05) is 10.9 Å². The topological polar surface area (TPSA) is 12.9 Å². The van der Waals surface area contributed by atoms with E-state index in [4.69, 9.17) is 4.98 Å². The fraction of sp³-hybridized carbons (Fsp3) is 0.222. The first-order chi connectivity index (χ1) is 13.5. The lowest BCUT2D eigenvalue weighted by Crippen LogP contribution is -1.98. The van der Waals surface area contributed by atoms with Crippen molar-refractivity contribution in [3.63, 3.8) is 0 Å². The van der Waals surface area contributed by atoms with Crippen molar-refractivity contribution in [1.29, 1.82) is 0 Å². The molecule has 4 rings (SSSR count). The van der Waals surface area contributed by atoms with E-state index in [-0.39, 0.29) is 0 Å². The molecule has 4 aromatic rings. The number of benzene rings is 3. The third kappa shape index (κ3) is 3.84. The largest absolute Gasteiger partial charge is 0.248 e. The summed E-state index contributed by atoms with van der Waals surface area (Å²) in [6.07, 6.45) is 1.05. The molecule has 0 radical (unpaired) electrons. The molecule has 0 bridgehead atoms. The predicted molar refractivity (Wildman–Crippen MR) is 121 cm³/mol. The molecule has 3 aromatic carbocycles. The van der Waals surface area contributed by atoms with Crippen LogP contribution in [0.3, 0.4) is 0 Å². The predicted octanol–water partition coefficient (Wildman–Crippen LogP) is 7.38. The first-order valence-electron chi connectivity index (χ1n) is 10.1. The molecule has 140 valence electrons. The number of aromatic nitrogens is 1. The van der Waals surface area contributed by atoms with Crippen LogP contribution < -0.4 is 0 Å². The van der Waals surface area contributed by atoms with Gasteiger partial charge in [0.2, 0.25) is 0 Å². The minimum Gasteiger partial charge on any atom is -0.248 e. The van der Waals surface area contributed by atoms with Gasteiger partial charge in [-0.15, -0.1) is 0 Å². The number of hydrogen-bond acceptors (Lipinski definition) is 1. The molecule has 0 aliphatic rings. The van der Waals surface area contributed by atoms with Gasteiger partial charge >= 0.3 is 0 Å². The van der Waals surface area contributed by atoms with Crippen LogP contribution in [0.4, 0.5) is 0 Å². The van der Waals surface area contributed by atoms with E-state index in [1.807, 2.05) is 0 Å². The Kier molecular flexibility index (Phi) is 5.00. The van der Waals surface area contributed by atoms with Crippen molar-refractivity contribution < 1.29 is 0 Å². The SMILES string of the molecule is Cc1ccc(-c2ccc3nc(-c4ccc(C)cc4)cc(CC(C)C)c3c2)cc1. The summed E-state index contributed by atoms with van der Waals surface area (Å²) in [5.74, 6) is 0.597. The van der Waals surface area contributed by atoms with Crippen LogP contribution in [-0.2, 0) is 6.42 Å². The Morgan fingerprint density at radius 1 is 0.679 bits per heavy atom. The van der Waals surface area contributed by atoms with Crippen molar-refractivity contribution in [2.24, 2.45) is 5.92 Å². The second-order valence-corrected chi connectivity index (χ2v) is 8.23. The molecule has 0 unspecified atom stereocenters. The highest BCUT2D eigenvalue weighted by Crippen LogP contribution is 2.30. The van der Waals surface area contributed by atoms with Gasteiger partial charge < -0.3 is 0 Å². The highest BCUT2D eigenvalue weighted by atomic mass is 14.7. The summed E-state index contributed by atoms with van der Waals surface area (Å²) >= 11 is 0. The van der Waals surface area contributed by atoms with Crippen LogP contribution in [0.5, 0.6) is 0 Å². The van der Waals surface area contributed by atoms with Crippen molar-refractivity contribution in [2.45, 2.75) is 34.1 Å². The Hall–Kier alpha value is -2.93. The maximum Gasteiger partial charge on any atom is 0.0712 e. The van der Waals surface area contributed by atoms with Gasteiger partial charge in [0.15, 0.2) is 0 Å². The number of aryl methyl sites for hydroxylation is 2. The van der Waals surface area contributed by atoms with Crippen LogP contribution in [0.25, 0.3) is 33.3 Å². The molecule has 0 aliphatic carbocycles. The zero-order valence-corrected chi connectivity index (χ0v) is 17.2. The summed E-state index contributed by atoms with van der Waals surface area (Å²) < 4.78 is 0. The number of hydrogen-bond donors (Lipinski definition) is 0. The fourth-order valence-electron chi connectivity index (χ4n) is 3.70. The quantitative estimate of drug-likeness (QED) is 0.367. The minimum atomic E-state index is 0.597. The van der Waals surface area contributed by atoms with Crippen LogP contribution in [0, 0.1) is 19.8 Å².